The molecule has 1 aliphatic rings. The van der Waals surface area contributed by atoms with Crippen molar-refractivity contribution in [2.24, 2.45) is 0 Å². The summed E-state index contributed by atoms with van der Waals surface area (Å²) < 4.78 is 0. The van der Waals surface area contributed by atoms with Crippen molar-refractivity contribution in [3.63, 3.8) is 0 Å². The predicted molar refractivity (Wildman–Crippen MR) is 31.1 cm³/mol. The molecule has 36 valence electrons. The zero-order valence-corrected chi connectivity index (χ0v) is 5.09. The monoisotopic (exact) mass is 102 g/mol. The lowest BCUT2D eigenvalue weighted by molar-refractivity contribution is 0.740. The number of rotatable bonds is 0. The van der Waals surface area contributed by atoms with Gasteiger partial charge >= 0.3 is 0 Å². The van der Waals surface area contributed by atoms with Gasteiger partial charge in [-0.05, 0) is 6.42 Å². The van der Waals surface area contributed by atoms with Gasteiger partial charge < -0.3 is 0 Å². The van der Waals surface area contributed by atoms with Crippen molar-refractivity contribution in [3.8, 4) is 0 Å². The van der Waals surface area contributed by atoms with Gasteiger partial charge in [-0.1, -0.05) is 13.8 Å². The molecule has 2 atom stereocenters. The summed E-state index contributed by atoms with van der Waals surface area (Å²) in [6, 6.07) is 0. The van der Waals surface area contributed by atoms with Gasteiger partial charge in [0.25, 0.3) is 0 Å². The first kappa shape index (κ1) is 4.51. The first-order chi connectivity index (χ1) is 2.79. The van der Waals surface area contributed by atoms with Crippen LogP contribution in [-0.4, -0.2) is 10.5 Å². The van der Waals surface area contributed by atoms with Crippen LogP contribution in [0.5, 0.6) is 0 Å². The van der Waals surface area contributed by atoms with Gasteiger partial charge in [-0.3, -0.25) is 0 Å². The molecule has 0 spiro atoms. The van der Waals surface area contributed by atoms with E-state index in [1.807, 2.05) is 0 Å². The standard InChI is InChI=1S/C5H10S/c1-4-3-5(2)6-4/h4-5H,3H2,1-2H3/t4-,5-/m1/s1. The van der Waals surface area contributed by atoms with E-state index >= 15 is 0 Å². The molecule has 0 aromatic rings. The maximum absolute atomic E-state index is 2.28. The minimum Gasteiger partial charge on any atom is -0.156 e. The zero-order valence-electron chi connectivity index (χ0n) is 4.27. The molecule has 1 fully saturated rings. The van der Waals surface area contributed by atoms with E-state index in [1.54, 1.807) is 0 Å². The van der Waals surface area contributed by atoms with Crippen molar-refractivity contribution in [2.75, 3.05) is 0 Å². The average molecular weight is 102 g/mol. The molecule has 0 amide bonds. The summed E-state index contributed by atoms with van der Waals surface area (Å²) in [5, 5.41) is 1.92. The smallest absolute Gasteiger partial charge is 0.00318 e. The van der Waals surface area contributed by atoms with E-state index in [9.17, 15) is 0 Å². The lowest BCUT2D eigenvalue weighted by Gasteiger charge is -2.28. The molecule has 0 aromatic heterocycles. The molecule has 1 rings (SSSR count). The van der Waals surface area contributed by atoms with E-state index in [4.69, 9.17) is 0 Å². The second-order valence-electron chi connectivity index (χ2n) is 1.99. The van der Waals surface area contributed by atoms with E-state index in [0.29, 0.717) is 0 Å². The highest BCUT2D eigenvalue weighted by Gasteiger charge is 2.20. The Morgan fingerprint density at radius 3 is 1.67 bits per heavy atom. The fourth-order valence-electron chi connectivity index (χ4n) is 0.853. The van der Waals surface area contributed by atoms with Crippen LogP contribution in [0.2, 0.25) is 0 Å². The quantitative estimate of drug-likeness (QED) is 0.450. The molecule has 0 unspecified atom stereocenters. The fourth-order valence-corrected chi connectivity index (χ4v) is 2.09. The van der Waals surface area contributed by atoms with Gasteiger partial charge in [0.2, 0.25) is 0 Å². The van der Waals surface area contributed by atoms with Crippen LogP contribution in [0.1, 0.15) is 20.3 Å². The molecule has 0 aromatic carbocycles. The Hall–Kier alpha value is 0.350. The third-order valence-electron chi connectivity index (χ3n) is 1.13. The largest absolute Gasteiger partial charge is 0.156 e. The van der Waals surface area contributed by atoms with Gasteiger partial charge in [0.1, 0.15) is 0 Å². The second kappa shape index (κ2) is 1.45. The van der Waals surface area contributed by atoms with Crippen molar-refractivity contribution in [1.82, 2.24) is 0 Å². The van der Waals surface area contributed by atoms with Crippen LogP contribution in [0.4, 0.5) is 0 Å². The first-order valence-electron chi connectivity index (χ1n) is 2.44. The lowest BCUT2D eigenvalue weighted by Crippen LogP contribution is -2.19. The van der Waals surface area contributed by atoms with Crippen LogP contribution in [0.15, 0.2) is 0 Å². The average Bonchev–Trinajstić information content (AvgIpc) is 1.33. The molecule has 0 N–H and O–H groups in total. The molecule has 1 heteroatoms. The van der Waals surface area contributed by atoms with Crippen LogP contribution in [0.3, 0.4) is 0 Å². The Bertz CT molecular complexity index is 39.9. The maximum atomic E-state index is 2.28. The van der Waals surface area contributed by atoms with E-state index in [2.05, 4.69) is 25.6 Å². The van der Waals surface area contributed by atoms with Crippen LogP contribution in [0, 0.1) is 0 Å². The highest BCUT2D eigenvalue weighted by Crippen LogP contribution is 2.34. The highest BCUT2D eigenvalue weighted by atomic mass is 32.2. The zero-order chi connectivity index (χ0) is 4.57. The summed E-state index contributed by atoms with van der Waals surface area (Å²) in [5.41, 5.74) is 0. The van der Waals surface area contributed by atoms with Gasteiger partial charge in [0, 0.05) is 10.5 Å². The third kappa shape index (κ3) is 0.700. The first-order valence-corrected chi connectivity index (χ1v) is 3.39. The van der Waals surface area contributed by atoms with Gasteiger partial charge in [-0.2, -0.15) is 11.8 Å². The van der Waals surface area contributed by atoms with Crippen molar-refractivity contribution in [1.29, 1.82) is 0 Å². The molecule has 0 aliphatic carbocycles. The summed E-state index contributed by atoms with van der Waals surface area (Å²) in [5.74, 6) is 0. The molecular formula is C5H10S. The molecule has 0 radical (unpaired) electrons. The molecule has 1 saturated heterocycles. The molecule has 0 nitrogen and oxygen atoms in total. The van der Waals surface area contributed by atoms with Gasteiger partial charge in [-0.25, -0.2) is 0 Å². The van der Waals surface area contributed by atoms with E-state index < -0.39 is 0 Å². The predicted octanol–water partition coefficient (Wildman–Crippen LogP) is 1.90. The summed E-state index contributed by atoms with van der Waals surface area (Å²) in [6.45, 7) is 4.56. The summed E-state index contributed by atoms with van der Waals surface area (Å²) in [7, 11) is 0. The van der Waals surface area contributed by atoms with Crippen LogP contribution < -0.4 is 0 Å². The minimum absolute atomic E-state index is 0.958. The van der Waals surface area contributed by atoms with Gasteiger partial charge in [0.05, 0.1) is 0 Å². The number of thioether (sulfide) groups is 1. The third-order valence-corrected chi connectivity index (χ3v) is 2.44. The van der Waals surface area contributed by atoms with Gasteiger partial charge in [-0.15, -0.1) is 0 Å². The number of hydrogen-bond donors (Lipinski definition) is 0. The molecule has 0 bridgehead atoms. The molecule has 1 heterocycles. The van der Waals surface area contributed by atoms with E-state index in [1.165, 1.54) is 6.42 Å². The van der Waals surface area contributed by atoms with Crippen LogP contribution in [-0.2, 0) is 0 Å². The Labute approximate surface area is 43.3 Å². The van der Waals surface area contributed by atoms with Crippen molar-refractivity contribution >= 4 is 11.8 Å². The van der Waals surface area contributed by atoms with Crippen molar-refractivity contribution in [3.05, 3.63) is 0 Å². The lowest BCUT2D eigenvalue weighted by atomic mass is 10.2. The van der Waals surface area contributed by atoms with Gasteiger partial charge in [0.15, 0.2) is 0 Å². The molecular weight excluding hydrogens is 92.1 g/mol. The topological polar surface area (TPSA) is 0 Å². The highest BCUT2D eigenvalue weighted by molar-refractivity contribution is 8.01. The summed E-state index contributed by atoms with van der Waals surface area (Å²) >= 11 is 2.08. The normalized spacial score (nSPS) is 45.0. The van der Waals surface area contributed by atoms with Crippen LogP contribution >= 0.6 is 11.8 Å². The fraction of sp³-hybridized carbons (Fsp3) is 1.00. The van der Waals surface area contributed by atoms with Crippen LogP contribution in [0.25, 0.3) is 0 Å². The Balaban J connectivity index is 2.11. The summed E-state index contributed by atoms with van der Waals surface area (Å²) in [6.07, 6.45) is 1.44. The molecule has 0 saturated carbocycles. The van der Waals surface area contributed by atoms with Crippen molar-refractivity contribution in [2.45, 2.75) is 30.8 Å². The summed E-state index contributed by atoms with van der Waals surface area (Å²) in [4.78, 5) is 0. The molecule has 6 heavy (non-hydrogen) atoms. The minimum atomic E-state index is 0.958. The Morgan fingerprint density at radius 1 is 1.33 bits per heavy atom. The second-order valence-corrected chi connectivity index (χ2v) is 3.87. The Kier molecular flexibility index (Phi) is 1.09. The van der Waals surface area contributed by atoms with Crippen molar-refractivity contribution < 1.29 is 0 Å². The maximum Gasteiger partial charge on any atom is 0.00318 e. The Morgan fingerprint density at radius 2 is 1.67 bits per heavy atom. The van der Waals surface area contributed by atoms with E-state index in [-0.39, 0.29) is 0 Å². The van der Waals surface area contributed by atoms with E-state index in [0.717, 1.165) is 10.5 Å². The molecule has 1 aliphatic heterocycles. The number of hydrogen-bond acceptors (Lipinski definition) is 1. The SMILES string of the molecule is C[C@@H]1C[C@@H](C)S1.